The Bertz CT molecular complexity index is 881. The van der Waals surface area contributed by atoms with Gasteiger partial charge in [-0.1, -0.05) is 0 Å². The number of carbonyl (C=O) groups is 1. The van der Waals surface area contributed by atoms with Gasteiger partial charge in [0.05, 0.1) is 23.1 Å². The zero-order valence-corrected chi connectivity index (χ0v) is 13.2. The fourth-order valence-corrected chi connectivity index (χ4v) is 2.59. The van der Waals surface area contributed by atoms with Crippen LogP contribution in [0.2, 0.25) is 0 Å². The van der Waals surface area contributed by atoms with Crippen LogP contribution >= 0.6 is 11.5 Å². The summed E-state index contributed by atoms with van der Waals surface area (Å²) >= 11 is 1.20. The van der Waals surface area contributed by atoms with Crippen molar-refractivity contribution < 1.29 is 18.3 Å². The van der Waals surface area contributed by atoms with Crippen molar-refractivity contribution in [1.82, 2.24) is 9.36 Å². The molecule has 1 aromatic carbocycles. The minimum Gasteiger partial charge on any atom is -0.436 e. The normalized spacial score (nSPS) is 10.5. The van der Waals surface area contributed by atoms with E-state index in [4.69, 9.17) is 4.74 Å². The molecular formula is C16H11F2N3O2S. The molecule has 0 saturated carbocycles. The zero-order chi connectivity index (χ0) is 17.1. The number of hydrogen-bond acceptors (Lipinski definition) is 5. The molecule has 0 aliphatic rings. The molecule has 24 heavy (non-hydrogen) atoms. The van der Waals surface area contributed by atoms with E-state index in [-0.39, 0.29) is 17.5 Å². The highest BCUT2D eigenvalue weighted by molar-refractivity contribution is 7.04. The Balaban J connectivity index is 1.69. The lowest BCUT2D eigenvalue weighted by atomic mass is 10.2. The number of halogens is 2. The molecule has 5 nitrogen and oxygen atoms in total. The van der Waals surface area contributed by atoms with E-state index in [0.717, 1.165) is 12.1 Å². The fourth-order valence-electron chi connectivity index (χ4n) is 1.89. The Morgan fingerprint density at radius 1 is 1.25 bits per heavy atom. The third-order valence-electron chi connectivity index (χ3n) is 3.10. The standard InChI is InChI=1S/C16H11F2N3O2S/c1-9-12(8-24-21-9)16(22)20-11-3-5-15(19-7-11)23-14-4-2-10(17)6-13(14)18/h2-8H,1H3,(H,20,22). The maximum Gasteiger partial charge on any atom is 0.258 e. The van der Waals surface area contributed by atoms with Crippen LogP contribution in [0.5, 0.6) is 11.6 Å². The Morgan fingerprint density at radius 2 is 2.08 bits per heavy atom. The van der Waals surface area contributed by atoms with Gasteiger partial charge in [-0.15, -0.1) is 0 Å². The Kier molecular flexibility index (Phi) is 4.48. The third-order valence-corrected chi connectivity index (χ3v) is 3.82. The quantitative estimate of drug-likeness (QED) is 0.769. The first-order valence-electron chi connectivity index (χ1n) is 6.84. The maximum atomic E-state index is 13.5. The molecule has 0 aliphatic carbocycles. The van der Waals surface area contributed by atoms with Crippen LogP contribution in [0, 0.1) is 18.6 Å². The van der Waals surface area contributed by atoms with Crippen LogP contribution in [-0.2, 0) is 0 Å². The van der Waals surface area contributed by atoms with Gasteiger partial charge in [-0.25, -0.2) is 13.8 Å². The Hall–Kier alpha value is -2.87. The van der Waals surface area contributed by atoms with Gasteiger partial charge in [0.25, 0.3) is 5.91 Å². The second kappa shape index (κ2) is 6.71. The summed E-state index contributed by atoms with van der Waals surface area (Å²) in [5.41, 5.74) is 1.60. The van der Waals surface area contributed by atoms with E-state index >= 15 is 0 Å². The van der Waals surface area contributed by atoms with Crippen LogP contribution in [-0.4, -0.2) is 15.3 Å². The number of nitrogens with zero attached hydrogens (tertiary/aromatic N) is 2. The molecule has 0 aliphatic heterocycles. The monoisotopic (exact) mass is 347 g/mol. The number of aromatic nitrogens is 2. The van der Waals surface area contributed by atoms with Crippen molar-refractivity contribution >= 4 is 23.1 Å². The number of amides is 1. The van der Waals surface area contributed by atoms with Crippen LogP contribution in [0.1, 0.15) is 16.1 Å². The first-order chi connectivity index (χ1) is 11.5. The van der Waals surface area contributed by atoms with Gasteiger partial charge in [0.2, 0.25) is 5.88 Å². The highest BCUT2D eigenvalue weighted by Crippen LogP contribution is 2.24. The molecule has 0 spiro atoms. The number of anilines is 1. The van der Waals surface area contributed by atoms with E-state index in [2.05, 4.69) is 14.7 Å². The van der Waals surface area contributed by atoms with E-state index in [9.17, 15) is 13.6 Å². The minimum atomic E-state index is -0.824. The Morgan fingerprint density at radius 3 is 2.71 bits per heavy atom. The summed E-state index contributed by atoms with van der Waals surface area (Å²) in [4.78, 5) is 16.0. The van der Waals surface area contributed by atoms with Gasteiger partial charge in [0, 0.05) is 17.5 Å². The summed E-state index contributed by atoms with van der Waals surface area (Å²) in [6, 6.07) is 6.02. The van der Waals surface area contributed by atoms with E-state index < -0.39 is 11.6 Å². The van der Waals surface area contributed by atoms with Gasteiger partial charge >= 0.3 is 0 Å². The molecule has 3 rings (SSSR count). The van der Waals surface area contributed by atoms with Crippen molar-refractivity contribution in [1.29, 1.82) is 0 Å². The molecule has 8 heteroatoms. The molecule has 2 heterocycles. The van der Waals surface area contributed by atoms with Gasteiger partial charge in [-0.3, -0.25) is 4.79 Å². The number of nitrogens with one attached hydrogen (secondary N) is 1. The lowest BCUT2D eigenvalue weighted by Gasteiger charge is -2.07. The SMILES string of the molecule is Cc1nscc1C(=O)Nc1ccc(Oc2ccc(F)cc2F)nc1. The third kappa shape index (κ3) is 3.54. The summed E-state index contributed by atoms with van der Waals surface area (Å²) in [5.74, 6) is -1.83. The summed E-state index contributed by atoms with van der Waals surface area (Å²) < 4.78 is 35.7. The number of hydrogen-bond donors (Lipinski definition) is 1. The molecule has 122 valence electrons. The van der Waals surface area contributed by atoms with Gasteiger partial charge in [-0.05, 0) is 36.7 Å². The predicted molar refractivity (Wildman–Crippen MR) is 85.5 cm³/mol. The largest absolute Gasteiger partial charge is 0.436 e. The molecule has 3 aromatic rings. The molecule has 1 amide bonds. The molecular weight excluding hydrogens is 336 g/mol. The molecule has 0 saturated heterocycles. The summed E-state index contributed by atoms with van der Waals surface area (Å²) in [7, 11) is 0. The van der Waals surface area contributed by atoms with Crippen LogP contribution in [0.15, 0.2) is 41.9 Å². The molecule has 2 aromatic heterocycles. The zero-order valence-electron chi connectivity index (χ0n) is 12.4. The van der Waals surface area contributed by atoms with Crippen molar-refractivity contribution in [2.24, 2.45) is 0 Å². The van der Waals surface area contributed by atoms with Crippen LogP contribution < -0.4 is 10.1 Å². The molecule has 0 bridgehead atoms. The van der Waals surface area contributed by atoms with Crippen LogP contribution in [0.4, 0.5) is 14.5 Å². The van der Waals surface area contributed by atoms with E-state index in [1.165, 1.54) is 29.9 Å². The molecule has 1 N–H and O–H groups in total. The van der Waals surface area contributed by atoms with Crippen molar-refractivity contribution in [3.8, 4) is 11.6 Å². The van der Waals surface area contributed by atoms with Crippen LogP contribution in [0.3, 0.4) is 0 Å². The molecule has 0 radical (unpaired) electrons. The predicted octanol–water partition coefficient (Wildman–Crippen LogP) is 4.17. The summed E-state index contributed by atoms with van der Waals surface area (Å²) in [6.07, 6.45) is 1.38. The van der Waals surface area contributed by atoms with Crippen LogP contribution in [0.25, 0.3) is 0 Å². The summed E-state index contributed by atoms with van der Waals surface area (Å²) in [5, 5.41) is 4.34. The molecule has 0 fully saturated rings. The number of carbonyl (C=O) groups excluding carboxylic acids is 1. The first kappa shape index (κ1) is 16.0. The van der Waals surface area contributed by atoms with Crippen molar-refractivity contribution in [3.05, 3.63) is 64.8 Å². The van der Waals surface area contributed by atoms with E-state index in [1.807, 2.05) is 0 Å². The molecule has 0 atom stereocenters. The van der Waals surface area contributed by atoms with Gasteiger partial charge in [0.1, 0.15) is 5.82 Å². The van der Waals surface area contributed by atoms with E-state index in [1.54, 1.807) is 18.4 Å². The highest BCUT2D eigenvalue weighted by atomic mass is 32.1. The maximum absolute atomic E-state index is 13.5. The average molecular weight is 347 g/mol. The summed E-state index contributed by atoms with van der Waals surface area (Å²) in [6.45, 7) is 1.75. The van der Waals surface area contributed by atoms with Gasteiger partial charge in [-0.2, -0.15) is 4.37 Å². The van der Waals surface area contributed by atoms with Crippen molar-refractivity contribution in [2.75, 3.05) is 5.32 Å². The van der Waals surface area contributed by atoms with Crippen molar-refractivity contribution in [3.63, 3.8) is 0 Å². The second-order valence-corrected chi connectivity index (χ2v) is 5.46. The molecule has 0 unspecified atom stereocenters. The topological polar surface area (TPSA) is 64.1 Å². The number of rotatable bonds is 4. The fraction of sp³-hybridized carbons (Fsp3) is 0.0625. The second-order valence-electron chi connectivity index (χ2n) is 4.83. The smallest absolute Gasteiger partial charge is 0.258 e. The average Bonchev–Trinajstić information content (AvgIpc) is 2.98. The Labute approximate surface area is 140 Å². The van der Waals surface area contributed by atoms with E-state index in [0.29, 0.717) is 16.9 Å². The van der Waals surface area contributed by atoms with Gasteiger partial charge in [0.15, 0.2) is 11.6 Å². The number of benzene rings is 1. The number of aryl methyl sites for hydroxylation is 1. The van der Waals surface area contributed by atoms with Crippen molar-refractivity contribution in [2.45, 2.75) is 6.92 Å². The number of pyridine rings is 1. The number of ether oxygens (including phenoxy) is 1. The lowest BCUT2D eigenvalue weighted by Crippen LogP contribution is -2.12. The first-order valence-corrected chi connectivity index (χ1v) is 7.68. The highest BCUT2D eigenvalue weighted by Gasteiger charge is 2.12. The van der Waals surface area contributed by atoms with Gasteiger partial charge < -0.3 is 10.1 Å². The lowest BCUT2D eigenvalue weighted by molar-refractivity contribution is 0.102. The minimum absolute atomic E-state index is 0.117.